The van der Waals surface area contributed by atoms with Gasteiger partial charge >= 0.3 is 0 Å². The predicted octanol–water partition coefficient (Wildman–Crippen LogP) is 2.00. The average Bonchev–Trinajstić information content (AvgIpc) is 2.59. The third-order valence-electron chi connectivity index (χ3n) is 2.35. The van der Waals surface area contributed by atoms with Crippen LogP contribution in [0.1, 0.15) is 32.1 Å². The molecule has 0 aliphatic heterocycles. The van der Waals surface area contributed by atoms with Gasteiger partial charge in [-0.25, -0.2) is 9.97 Å². The molecule has 1 atom stereocenters. The monoisotopic (exact) mass is 204 g/mol. The maximum absolute atomic E-state index is 6.04. The molecule has 80 valence electrons. The Kier molecular flexibility index (Phi) is 2.68. The number of H-pyrrole nitrogens is 1. The van der Waals surface area contributed by atoms with Crippen LogP contribution in [0.15, 0.2) is 18.3 Å². The molecular weight excluding hydrogens is 188 g/mol. The lowest BCUT2D eigenvalue weighted by atomic mass is 10.0. The van der Waals surface area contributed by atoms with Crippen molar-refractivity contribution in [3.8, 4) is 0 Å². The zero-order chi connectivity index (χ0) is 10.8. The van der Waals surface area contributed by atoms with E-state index in [4.69, 9.17) is 5.73 Å². The van der Waals surface area contributed by atoms with Crippen LogP contribution in [-0.4, -0.2) is 15.0 Å². The van der Waals surface area contributed by atoms with E-state index in [1.54, 1.807) is 6.20 Å². The fourth-order valence-corrected chi connectivity index (χ4v) is 1.66. The summed E-state index contributed by atoms with van der Waals surface area (Å²) in [4.78, 5) is 11.7. The van der Waals surface area contributed by atoms with E-state index in [1.165, 1.54) is 0 Å². The topological polar surface area (TPSA) is 67.6 Å². The van der Waals surface area contributed by atoms with Gasteiger partial charge in [0.1, 0.15) is 5.82 Å². The lowest BCUT2D eigenvalue weighted by molar-refractivity contribution is 0.496. The molecule has 0 amide bonds. The van der Waals surface area contributed by atoms with Gasteiger partial charge in [0.2, 0.25) is 0 Å². The first-order chi connectivity index (χ1) is 7.16. The van der Waals surface area contributed by atoms with Gasteiger partial charge in [-0.1, -0.05) is 13.8 Å². The molecule has 0 saturated carbocycles. The number of hydrogen-bond donors (Lipinski definition) is 2. The number of nitrogens with two attached hydrogens (primary N) is 1. The highest BCUT2D eigenvalue weighted by Crippen LogP contribution is 2.18. The number of hydrogen-bond acceptors (Lipinski definition) is 3. The molecule has 0 fully saturated rings. The van der Waals surface area contributed by atoms with Crippen molar-refractivity contribution < 1.29 is 0 Å². The number of aromatic nitrogens is 3. The summed E-state index contributed by atoms with van der Waals surface area (Å²) in [5.41, 5.74) is 7.73. The molecular formula is C11H16N4. The zero-order valence-electron chi connectivity index (χ0n) is 9.07. The van der Waals surface area contributed by atoms with Crippen molar-refractivity contribution in [2.75, 3.05) is 0 Å². The summed E-state index contributed by atoms with van der Waals surface area (Å²) >= 11 is 0. The number of aromatic amines is 1. The SMILES string of the molecule is CC(C)C[C@@H](N)c1nc2ncccc2[nH]1. The zero-order valence-corrected chi connectivity index (χ0v) is 9.07. The van der Waals surface area contributed by atoms with Crippen LogP contribution in [-0.2, 0) is 0 Å². The molecule has 2 aromatic heterocycles. The van der Waals surface area contributed by atoms with E-state index < -0.39 is 0 Å². The Morgan fingerprint density at radius 3 is 2.93 bits per heavy atom. The van der Waals surface area contributed by atoms with Crippen molar-refractivity contribution in [1.82, 2.24) is 15.0 Å². The molecule has 0 aromatic carbocycles. The van der Waals surface area contributed by atoms with Crippen molar-refractivity contribution in [2.45, 2.75) is 26.3 Å². The molecule has 4 heteroatoms. The predicted molar refractivity (Wildman–Crippen MR) is 60.3 cm³/mol. The first-order valence-corrected chi connectivity index (χ1v) is 5.23. The minimum atomic E-state index is -0.0285. The molecule has 0 aliphatic carbocycles. The minimum Gasteiger partial charge on any atom is -0.339 e. The number of fused-ring (bicyclic) bond motifs is 1. The van der Waals surface area contributed by atoms with Gasteiger partial charge in [0.15, 0.2) is 5.65 Å². The Morgan fingerprint density at radius 1 is 1.47 bits per heavy atom. The summed E-state index contributed by atoms with van der Waals surface area (Å²) in [5, 5.41) is 0. The molecule has 15 heavy (non-hydrogen) atoms. The Morgan fingerprint density at radius 2 is 2.27 bits per heavy atom. The van der Waals surface area contributed by atoms with Crippen LogP contribution in [0.4, 0.5) is 0 Å². The van der Waals surface area contributed by atoms with Gasteiger partial charge in [-0.2, -0.15) is 0 Å². The summed E-state index contributed by atoms with van der Waals surface area (Å²) < 4.78 is 0. The summed E-state index contributed by atoms with van der Waals surface area (Å²) in [6.07, 6.45) is 2.67. The second-order valence-electron chi connectivity index (χ2n) is 4.23. The standard InChI is InChI=1S/C11H16N4/c1-7(2)6-8(12)10-14-9-4-3-5-13-11(9)15-10/h3-5,7-8H,6,12H2,1-2H3,(H,13,14,15)/t8-/m1/s1. The third kappa shape index (κ3) is 2.15. The van der Waals surface area contributed by atoms with Gasteiger partial charge < -0.3 is 10.7 Å². The molecule has 2 rings (SSSR count). The van der Waals surface area contributed by atoms with E-state index >= 15 is 0 Å². The molecule has 3 N–H and O–H groups in total. The van der Waals surface area contributed by atoms with Crippen LogP contribution in [0.2, 0.25) is 0 Å². The third-order valence-corrected chi connectivity index (χ3v) is 2.35. The van der Waals surface area contributed by atoms with Crippen LogP contribution >= 0.6 is 0 Å². The van der Waals surface area contributed by atoms with E-state index in [-0.39, 0.29) is 6.04 Å². The van der Waals surface area contributed by atoms with Crippen LogP contribution in [0.5, 0.6) is 0 Å². The van der Waals surface area contributed by atoms with Gasteiger partial charge in [0.25, 0.3) is 0 Å². The molecule has 2 aromatic rings. The highest BCUT2D eigenvalue weighted by molar-refractivity contribution is 5.69. The molecule has 2 heterocycles. The largest absolute Gasteiger partial charge is 0.339 e. The fraction of sp³-hybridized carbons (Fsp3) is 0.455. The van der Waals surface area contributed by atoms with Crippen molar-refractivity contribution >= 4 is 11.2 Å². The number of rotatable bonds is 3. The number of nitrogens with zero attached hydrogens (tertiary/aromatic N) is 2. The van der Waals surface area contributed by atoms with E-state index in [9.17, 15) is 0 Å². The van der Waals surface area contributed by atoms with Crippen LogP contribution < -0.4 is 5.73 Å². The molecule has 4 nitrogen and oxygen atoms in total. The lowest BCUT2D eigenvalue weighted by Crippen LogP contribution is -2.14. The quantitative estimate of drug-likeness (QED) is 0.803. The van der Waals surface area contributed by atoms with Gasteiger partial charge in [0, 0.05) is 6.20 Å². The maximum Gasteiger partial charge on any atom is 0.177 e. The molecule has 0 radical (unpaired) electrons. The van der Waals surface area contributed by atoms with E-state index in [0.717, 1.165) is 23.4 Å². The first-order valence-electron chi connectivity index (χ1n) is 5.23. The molecule has 0 aliphatic rings. The van der Waals surface area contributed by atoms with E-state index in [0.29, 0.717) is 5.92 Å². The van der Waals surface area contributed by atoms with E-state index in [2.05, 4.69) is 28.8 Å². The molecule has 0 bridgehead atoms. The van der Waals surface area contributed by atoms with Gasteiger partial charge in [-0.15, -0.1) is 0 Å². The average molecular weight is 204 g/mol. The molecule has 0 spiro atoms. The first kappa shape index (κ1) is 10.1. The smallest absolute Gasteiger partial charge is 0.177 e. The highest BCUT2D eigenvalue weighted by Gasteiger charge is 2.12. The van der Waals surface area contributed by atoms with Gasteiger partial charge in [-0.05, 0) is 24.5 Å². The summed E-state index contributed by atoms with van der Waals surface area (Å²) in [6, 6.07) is 3.82. The Labute approximate surface area is 88.9 Å². The van der Waals surface area contributed by atoms with Gasteiger partial charge in [-0.3, -0.25) is 0 Å². The Bertz CT molecular complexity index is 414. The summed E-state index contributed by atoms with van der Waals surface area (Å²) in [6.45, 7) is 4.31. The van der Waals surface area contributed by atoms with Crippen molar-refractivity contribution in [3.63, 3.8) is 0 Å². The molecule has 0 saturated heterocycles. The van der Waals surface area contributed by atoms with Crippen LogP contribution in [0.25, 0.3) is 11.2 Å². The fourth-order valence-electron chi connectivity index (χ4n) is 1.66. The summed E-state index contributed by atoms with van der Waals surface area (Å²) in [5.74, 6) is 1.40. The number of imidazole rings is 1. The van der Waals surface area contributed by atoms with Crippen molar-refractivity contribution in [3.05, 3.63) is 24.2 Å². The lowest BCUT2D eigenvalue weighted by Gasteiger charge is -2.10. The Hall–Kier alpha value is -1.42. The van der Waals surface area contributed by atoms with Crippen LogP contribution in [0, 0.1) is 5.92 Å². The van der Waals surface area contributed by atoms with Gasteiger partial charge in [0.05, 0.1) is 11.6 Å². The number of pyridine rings is 1. The van der Waals surface area contributed by atoms with Crippen molar-refractivity contribution in [2.24, 2.45) is 11.7 Å². The second-order valence-corrected chi connectivity index (χ2v) is 4.23. The Balaban J connectivity index is 2.28. The minimum absolute atomic E-state index is 0.0285. The molecule has 0 unspecified atom stereocenters. The van der Waals surface area contributed by atoms with E-state index in [1.807, 2.05) is 12.1 Å². The summed E-state index contributed by atoms with van der Waals surface area (Å²) in [7, 11) is 0. The van der Waals surface area contributed by atoms with Crippen molar-refractivity contribution in [1.29, 1.82) is 0 Å². The maximum atomic E-state index is 6.04. The normalized spacial score (nSPS) is 13.6. The van der Waals surface area contributed by atoms with Crippen LogP contribution in [0.3, 0.4) is 0 Å². The number of nitrogens with one attached hydrogen (secondary N) is 1. The highest BCUT2D eigenvalue weighted by atomic mass is 15.0. The second kappa shape index (κ2) is 3.98.